The van der Waals surface area contributed by atoms with Crippen molar-refractivity contribution in [2.45, 2.75) is 64.2 Å². The van der Waals surface area contributed by atoms with E-state index in [1.54, 1.807) is 24.3 Å². The molecule has 0 saturated heterocycles. The van der Waals surface area contributed by atoms with Gasteiger partial charge in [-0.3, -0.25) is 0 Å². The number of fused-ring (bicyclic) bond motifs is 3. The average Bonchev–Trinajstić information content (AvgIpc) is 3.49. The zero-order chi connectivity index (χ0) is 43.2. The van der Waals surface area contributed by atoms with Crippen LogP contribution in [-0.4, -0.2) is 50.3 Å². The Morgan fingerprint density at radius 2 is 0.917 bits per heavy atom. The molecule has 0 fully saturated rings. The molecule has 0 saturated carbocycles. The smallest absolute Gasteiger partial charge is 0.366 e. The molecule has 0 unspecified atom stereocenters. The summed E-state index contributed by atoms with van der Waals surface area (Å²) in [6.07, 6.45) is 5.10. The van der Waals surface area contributed by atoms with E-state index in [1.165, 1.54) is 24.3 Å². The van der Waals surface area contributed by atoms with Gasteiger partial charge in [0, 0.05) is 5.92 Å². The van der Waals surface area contributed by atoms with Gasteiger partial charge in [-0.25, -0.2) is 28.0 Å². The first-order chi connectivity index (χ1) is 28.8. The van der Waals surface area contributed by atoms with Crippen LogP contribution in [0.5, 0.6) is 23.0 Å². The van der Waals surface area contributed by atoms with E-state index in [0.29, 0.717) is 51.4 Å². The van der Waals surface area contributed by atoms with E-state index < -0.39 is 47.2 Å². The van der Waals surface area contributed by atoms with Crippen LogP contribution < -0.4 is 18.9 Å². The van der Waals surface area contributed by atoms with Gasteiger partial charge in [0.05, 0.1) is 37.6 Å². The molecule has 0 heterocycles. The van der Waals surface area contributed by atoms with Gasteiger partial charge in [-0.1, -0.05) is 32.2 Å². The normalized spacial score (nSPS) is 11.6. The summed E-state index contributed by atoms with van der Waals surface area (Å²) in [6.45, 7) is 8.30. The highest BCUT2D eigenvalue weighted by Crippen LogP contribution is 2.47. The van der Waals surface area contributed by atoms with E-state index in [4.69, 9.17) is 18.9 Å². The predicted octanol–water partition coefficient (Wildman–Crippen LogP) is 10.5. The molecule has 10 nitrogen and oxygen atoms in total. The van der Waals surface area contributed by atoms with Crippen molar-refractivity contribution in [3.05, 3.63) is 131 Å². The molecule has 0 spiro atoms. The molecule has 0 bridgehead atoms. The van der Waals surface area contributed by atoms with Crippen molar-refractivity contribution < 1.29 is 65.2 Å². The van der Waals surface area contributed by atoms with Crippen LogP contribution in [0.4, 0.5) is 17.6 Å². The monoisotopic (exact) mass is 832 g/mol. The Morgan fingerprint density at radius 3 is 1.28 bits per heavy atom. The van der Waals surface area contributed by atoms with Crippen LogP contribution in [0, 0.1) is 11.6 Å². The first-order valence-corrected chi connectivity index (χ1v) is 19.4. The van der Waals surface area contributed by atoms with E-state index in [1.807, 2.05) is 19.1 Å². The quantitative estimate of drug-likeness (QED) is 0.0248. The molecule has 4 aromatic carbocycles. The number of hydrogen-bond donors (Lipinski definition) is 0. The summed E-state index contributed by atoms with van der Waals surface area (Å²) < 4.78 is 86.5. The Labute approximate surface area is 344 Å². The second-order valence-corrected chi connectivity index (χ2v) is 13.9. The van der Waals surface area contributed by atoms with Crippen molar-refractivity contribution >= 4 is 23.9 Å². The first-order valence-electron chi connectivity index (χ1n) is 19.4. The molecule has 14 heteroatoms. The number of halogens is 4. The lowest BCUT2D eigenvalue weighted by Crippen LogP contribution is -2.10. The highest BCUT2D eigenvalue weighted by Gasteiger charge is 2.27. The lowest BCUT2D eigenvalue weighted by atomic mass is 9.99. The van der Waals surface area contributed by atoms with Crippen LogP contribution in [0.25, 0.3) is 11.1 Å². The Balaban J connectivity index is 1.07. The summed E-state index contributed by atoms with van der Waals surface area (Å²) >= 11 is 0. The fourth-order valence-electron chi connectivity index (χ4n) is 6.37. The van der Waals surface area contributed by atoms with Crippen molar-refractivity contribution in [1.29, 1.82) is 0 Å². The van der Waals surface area contributed by atoms with Crippen molar-refractivity contribution in [3.63, 3.8) is 0 Å². The van der Waals surface area contributed by atoms with Gasteiger partial charge in [-0.15, -0.1) is 0 Å². The minimum atomic E-state index is -1.14. The molecule has 0 amide bonds. The summed E-state index contributed by atoms with van der Waals surface area (Å²) in [5, 5.41) is 0. The van der Waals surface area contributed by atoms with Crippen LogP contribution in [0.2, 0.25) is 0 Å². The zero-order valence-corrected chi connectivity index (χ0v) is 33.0. The van der Waals surface area contributed by atoms with Crippen LogP contribution in [-0.2, 0) is 19.1 Å². The van der Waals surface area contributed by atoms with Crippen LogP contribution in [0.3, 0.4) is 0 Å². The van der Waals surface area contributed by atoms with Gasteiger partial charge >= 0.3 is 23.9 Å². The first kappa shape index (κ1) is 44.7. The number of hydrogen-bond acceptors (Lipinski definition) is 10. The fourth-order valence-corrected chi connectivity index (χ4v) is 6.37. The molecular weight excluding hydrogens is 788 g/mol. The Bertz CT molecular complexity index is 2080. The van der Waals surface area contributed by atoms with Crippen molar-refractivity contribution in [1.82, 2.24) is 0 Å². The van der Waals surface area contributed by atoms with E-state index in [0.717, 1.165) is 34.4 Å². The molecule has 316 valence electrons. The zero-order valence-electron chi connectivity index (χ0n) is 33.0. The molecule has 0 aromatic heterocycles. The molecule has 5 rings (SSSR count). The maximum Gasteiger partial charge on any atom is 0.366 e. The van der Waals surface area contributed by atoms with Crippen LogP contribution in [0.15, 0.2) is 97.6 Å². The lowest BCUT2D eigenvalue weighted by molar-refractivity contribution is -0.141. The minimum absolute atomic E-state index is 0.00851. The van der Waals surface area contributed by atoms with Gasteiger partial charge in [0.25, 0.3) is 0 Å². The molecular formula is C46H44F4O10. The topological polar surface area (TPSA) is 124 Å². The molecule has 1 aliphatic carbocycles. The summed E-state index contributed by atoms with van der Waals surface area (Å²) in [6, 6.07) is 18.0. The van der Waals surface area contributed by atoms with E-state index >= 15 is 0 Å². The number of benzene rings is 4. The second kappa shape index (κ2) is 21.5. The number of ether oxygens (including phenoxy) is 6. The molecule has 60 heavy (non-hydrogen) atoms. The number of esters is 4. The van der Waals surface area contributed by atoms with Crippen molar-refractivity contribution in [2.75, 3.05) is 26.4 Å². The number of rotatable bonds is 22. The third-order valence-corrected chi connectivity index (χ3v) is 9.53. The van der Waals surface area contributed by atoms with E-state index in [9.17, 15) is 36.7 Å². The Hall–Kier alpha value is -6.44. The number of carbonyl (C=O) groups excluding carboxylic acids is 4. The van der Waals surface area contributed by atoms with Gasteiger partial charge in [0.2, 0.25) is 11.7 Å². The van der Waals surface area contributed by atoms with Crippen LogP contribution >= 0.6 is 0 Å². The van der Waals surface area contributed by atoms with E-state index in [2.05, 4.69) is 22.6 Å². The van der Waals surface area contributed by atoms with Crippen molar-refractivity contribution in [3.8, 4) is 34.1 Å². The fraction of sp³-hybridized carbons (Fsp3) is 0.304. The lowest BCUT2D eigenvalue weighted by Gasteiger charge is -2.11. The average molecular weight is 833 g/mol. The third-order valence-electron chi connectivity index (χ3n) is 9.53. The molecule has 1 aliphatic rings. The molecule has 4 aromatic rings. The molecule has 0 aliphatic heterocycles. The van der Waals surface area contributed by atoms with Gasteiger partial charge in [0.15, 0.2) is 23.1 Å². The van der Waals surface area contributed by atoms with Crippen molar-refractivity contribution in [2.24, 2.45) is 0 Å². The number of unbranched alkanes of at least 4 members (excludes halogenated alkanes) is 6. The Morgan fingerprint density at radius 1 is 0.533 bits per heavy atom. The molecule has 0 N–H and O–H groups in total. The number of carbonyl (C=O) groups is 4. The van der Waals surface area contributed by atoms with Gasteiger partial charge in [-0.2, -0.15) is 8.78 Å². The summed E-state index contributed by atoms with van der Waals surface area (Å²) in [5.41, 5.74) is 3.51. The molecule has 0 radical (unpaired) electrons. The highest BCUT2D eigenvalue weighted by molar-refractivity contribution is 5.92. The minimum Gasteiger partial charge on any atom is -0.491 e. The standard InChI is InChI=1S/C46H44F4O10/c1-28-37-26-33(59-45(53)31-12-18-41(39(49)24-31)55-20-8-4-6-10-22-57-43(51)29(2)47)14-16-35(37)36-17-15-34(27-38(28)36)60-46(54)32-13-19-42(40(50)25-32)56-21-9-5-7-11-23-58-44(52)30(3)48/h12-19,24-28H,2-11,20-23H2,1H3. The largest absolute Gasteiger partial charge is 0.491 e. The Kier molecular flexibility index (Phi) is 16.0. The summed E-state index contributed by atoms with van der Waals surface area (Å²) in [5.74, 6) is -7.10. The van der Waals surface area contributed by atoms with Gasteiger partial charge < -0.3 is 28.4 Å². The summed E-state index contributed by atoms with van der Waals surface area (Å²) in [7, 11) is 0. The predicted molar refractivity (Wildman–Crippen MR) is 212 cm³/mol. The molecule has 0 atom stereocenters. The van der Waals surface area contributed by atoms with E-state index in [-0.39, 0.29) is 66.5 Å². The third kappa shape index (κ3) is 12.3. The highest BCUT2D eigenvalue weighted by atomic mass is 19.1. The SMILES string of the molecule is C=C(F)C(=O)OCCCCCCOc1ccc(C(=O)Oc2ccc3c(c2)C(C)c2cc(OC(=O)c4ccc(OCCCCCCOC(=O)C(=C)F)c(F)c4)ccc2-3)cc1F. The maximum atomic E-state index is 14.8. The second-order valence-electron chi connectivity index (χ2n) is 13.9. The van der Waals surface area contributed by atoms with Gasteiger partial charge in [0.1, 0.15) is 11.5 Å². The maximum absolute atomic E-state index is 14.8. The summed E-state index contributed by atoms with van der Waals surface area (Å²) in [4.78, 5) is 48.0. The van der Waals surface area contributed by atoms with Gasteiger partial charge in [-0.05, 0) is 134 Å². The van der Waals surface area contributed by atoms with Crippen LogP contribution in [0.1, 0.15) is 96.1 Å².